The van der Waals surface area contributed by atoms with E-state index in [1.807, 2.05) is 6.07 Å². The molecule has 2 aromatic rings. The van der Waals surface area contributed by atoms with Crippen molar-refractivity contribution in [1.29, 1.82) is 5.26 Å². The van der Waals surface area contributed by atoms with Crippen LogP contribution in [-0.4, -0.2) is 8.42 Å². The Hall–Kier alpha value is -1.55. The highest BCUT2D eigenvalue weighted by molar-refractivity contribution is 7.92. The number of anilines is 1. The fourth-order valence-electron chi connectivity index (χ4n) is 1.29. The molecule has 2 rings (SSSR count). The standard InChI is InChI=1S/C11H7ClN2O2S2/c12-8-1-3-9(4-2-8)18(15,16)14-10-5-6-17-11(10)7-13/h1-6,14H. The van der Waals surface area contributed by atoms with Crippen LogP contribution in [0.15, 0.2) is 40.6 Å². The number of thiophene rings is 1. The molecule has 0 saturated heterocycles. The molecule has 0 unspecified atom stereocenters. The minimum absolute atomic E-state index is 0.0991. The van der Waals surface area contributed by atoms with Gasteiger partial charge in [-0.05, 0) is 35.7 Å². The SMILES string of the molecule is N#Cc1sccc1NS(=O)(=O)c1ccc(Cl)cc1. The van der Waals surface area contributed by atoms with Gasteiger partial charge in [0.1, 0.15) is 10.9 Å². The van der Waals surface area contributed by atoms with Crippen molar-refractivity contribution >= 4 is 38.6 Å². The molecule has 1 aromatic carbocycles. The third-order valence-electron chi connectivity index (χ3n) is 2.14. The molecule has 1 heterocycles. The Labute approximate surface area is 114 Å². The molecule has 0 radical (unpaired) electrons. The summed E-state index contributed by atoms with van der Waals surface area (Å²) in [6.45, 7) is 0. The lowest BCUT2D eigenvalue weighted by atomic mass is 10.4. The Morgan fingerprint density at radius 3 is 2.50 bits per heavy atom. The van der Waals surface area contributed by atoms with Crippen LogP contribution in [0.2, 0.25) is 5.02 Å². The van der Waals surface area contributed by atoms with Crippen molar-refractivity contribution in [2.75, 3.05) is 4.72 Å². The van der Waals surface area contributed by atoms with Gasteiger partial charge >= 0.3 is 0 Å². The second-order valence-electron chi connectivity index (χ2n) is 3.33. The van der Waals surface area contributed by atoms with Gasteiger partial charge in [0.15, 0.2) is 0 Å². The van der Waals surface area contributed by atoms with E-state index in [1.54, 1.807) is 11.4 Å². The Bertz CT molecular complexity index is 699. The summed E-state index contributed by atoms with van der Waals surface area (Å²) >= 11 is 6.87. The largest absolute Gasteiger partial charge is 0.277 e. The van der Waals surface area contributed by atoms with E-state index in [1.165, 1.54) is 35.6 Å². The van der Waals surface area contributed by atoms with E-state index in [0.717, 1.165) is 0 Å². The maximum absolute atomic E-state index is 12.0. The van der Waals surface area contributed by atoms with Crippen molar-refractivity contribution in [3.63, 3.8) is 0 Å². The predicted molar refractivity (Wildman–Crippen MR) is 71.3 cm³/mol. The summed E-state index contributed by atoms with van der Waals surface area (Å²) in [5, 5.41) is 10.9. The molecule has 7 heteroatoms. The lowest BCUT2D eigenvalue weighted by Gasteiger charge is -2.06. The zero-order valence-corrected chi connectivity index (χ0v) is 11.3. The molecule has 0 bridgehead atoms. The molecule has 0 saturated carbocycles. The molecule has 0 amide bonds. The molecule has 18 heavy (non-hydrogen) atoms. The number of hydrogen-bond acceptors (Lipinski definition) is 4. The zero-order valence-electron chi connectivity index (χ0n) is 8.92. The number of nitriles is 1. The monoisotopic (exact) mass is 298 g/mol. The number of nitrogens with zero attached hydrogens (tertiary/aromatic N) is 1. The van der Waals surface area contributed by atoms with E-state index in [0.29, 0.717) is 9.90 Å². The highest BCUT2D eigenvalue weighted by atomic mass is 35.5. The molecule has 4 nitrogen and oxygen atoms in total. The molecular formula is C11H7ClN2O2S2. The van der Waals surface area contributed by atoms with Crippen molar-refractivity contribution in [3.05, 3.63) is 45.6 Å². The van der Waals surface area contributed by atoms with Crippen LogP contribution in [-0.2, 0) is 10.0 Å². The second kappa shape index (κ2) is 4.98. The number of sulfonamides is 1. The lowest BCUT2D eigenvalue weighted by molar-refractivity contribution is 0.601. The smallest absolute Gasteiger partial charge is 0.261 e. The van der Waals surface area contributed by atoms with Crippen molar-refractivity contribution in [3.8, 4) is 6.07 Å². The highest BCUT2D eigenvalue weighted by Crippen LogP contribution is 2.24. The number of hydrogen-bond donors (Lipinski definition) is 1. The summed E-state index contributed by atoms with van der Waals surface area (Å²) in [6, 6.07) is 9.28. The minimum atomic E-state index is -3.69. The van der Waals surface area contributed by atoms with Gasteiger partial charge in [0, 0.05) is 5.02 Å². The molecule has 1 aromatic heterocycles. The fourth-order valence-corrected chi connectivity index (χ4v) is 3.20. The van der Waals surface area contributed by atoms with E-state index < -0.39 is 10.0 Å². The Morgan fingerprint density at radius 2 is 1.89 bits per heavy atom. The average Bonchev–Trinajstić information content (AvgIpc) is 2.76. The summed E-state index contributed by atoms with van der Waals surface area (Å²) in [5.74, 6) is 0. The van der Waals surface area contributed by atoms with Crippen LogP contribution in [0.5, 0.6) is 0 Å². The summed E-state index contributed by atoms with van der Waals surface area (Å²) in [7, 11) is -3.69. The molecule has 92 valence electrons. The Balaban J connectivity index is 2.34. The molecule has 0 aliphatic carbocycles. The molecule has 0 spiro atoms. The van der Waals surface area contributed by atoms with Gasteiger partial charge < -0.3 is 0 Å². The van der Waals surface area contributed by atoms with Crippen LogP contribution in [0.4, 0.5) is 5.69 Å². The molecule has 1 N–H and O–H groups in total. The van der Waals surface area contributed by atoms with Crippen molar-refractivity contribution in [2.24, 2.45) is 0 Å². The van der Waals surface area contributed by atoms with Crippen molar-refractivity contribution < 1.29 is 8.42 Å². The van der Waals surface area contributed by atoms with Crippen LogP contribution in [0.1, 0.15) is 4.88 Å². The van der Waals surface area contributed by atoms with Crippen LogP contribution < -0.4 is 4.72 Å². The molecule has 0 atom stereocenters. The summed E-state index contributed by atoms with van der Waals surface area (Å²) in [4.78, 5) is 0.425. The van der Waals surface area contributed by atoms with Gasteiger partial charge in [0.05, 0.1) is 10.6 Å². The second-order valence-corrected chi connectivity index (χ2v) is 6.37. The minimum Gasteiger partial charge on any atom is -0.277 e. The lowest BCUT2D eigenvalue weighted by Crippen LogP contribution is -2.12. The van der Waals surface area contributed by atoms with E-state index in [-0.39, 0.29) is 10.6 Å². The van der Waals surface area contributed by atoms with Crippen molar-refractivity contribution in [1.82, 2.24) is 0 Å². The topological polar surface area (TPSA) is 70.0 Å². The van der Waals surface area contributed by atoms with Crippen LogP contribution in [0.3, 0.4) is 0 Å². The Morgan fingerprint density at radius 1 is 1.22 bits per heavy atom. The number of halogens is 1. The first kappa shape index (κ1) is 12.9. The first-order valence-electron chi connectivity index (χ1n) is 4.79. The highest BCUT2D eigenvalue weighted by Gasteiger charge is 2.16. The van der Waals surface area contributed by atoms with E-state index in [2.05, 4.69) is 4.72 Å². The van der Waals surface area contributed by atoms with Crippen LogP contribution >= 0.6 is 22.9 Å². The average molecular weight is 299 g/mol. The predicted octanol–water partition coefficient (Wildman–Crippen LogP) is 3.07. The van der Waals surface area contributed by atoms with Gasteiger partial charge in [-0.15, -0.1) is 11.3 Å². The third kappa shape index (κ3) is 2.64. The van der Waals surface area contributed by atoms with E-state index >= 15 is 0 Å². The molecule has 0 aliphatic heterocycles. The summed E-state index contributed by atoms with van der Waals surface area (Å²) < 4.78 is 26.4. The van der Waals surface area contributed by atoms with Gasteiger partial charge in [-0.2, -0.15) is 5.26 Å². The number of benzene rings is 1. The molecular weight excluding hydrogens is 292 g/mol. The van der Waals surface area contributed by atoms with Crippen molar-refractivity contribution in [2.45, 2.75) is 4.90 Å². The third-order valence-corrected chi connectivity index (χ3v) is 4.59. The van der Waals surface area contributed by atoms with E-state index in [9.17, 15) is 8.42 Å². The first-order chi connectivity index (χ1) is 8.53. The fraction of sp³-hybridized carbons (Fsp3) is 0. The van der Waals surface area contributed by atoms with Gasteiger partial charge in [-0.25, -0.2) is 8.42 Å². The van der Waals surface area contributed by atoms with Crippen LogP contribution in [0.25, 0.3) is 0 Å². The van der Waals surface area contributed by atoms with Gasteiger partial charge in [-0.1, -0.05) is 11.6 Å². The molecule has 0 fully saturated rings. The zero-order chi connectivity index (χ0) is 13.2. The van der Waals surface area contributed by atoms with Crippen LogP contribution in [0, 0.1) is 11.3 Å². The number of rotatable bonds is 3. The van der Waals surface area contributed by atoms with Gasteiger partial charge in [0.25, 0.3) is 10.0 Å². The van der Waals surface area contributed by atoms with E-state index in [4.69, 9.17) is 16.9 Å². The van der Waals surface area contributed by atoms with Gasteiger partial charge in [0.2, 0.25) is 0 Å². The quantitative estimate of drug-likeness (QED) is 0.946. The maximum atomic E-state index is 12.0. The molecule has 0 aliphatic rings. The number of nitrogens with one attached hydrogen (secondary N) is 1. The summed E-state index contributed by atoms with van der Waals surface area (Å²) in [5.41, 5.74) is 0.289. The maximum Gasteiger partial charge on any atom is 0.261 e. The first-order valence-corrected chi connectivity index (χ1v) is 7.53. The van der Waals surface area contributed by atoms with Gasteiger partial charge in [-0.3, -0.25) is 4.72 Å². The summed E-state index contributed by atoms with van der Waals surface area (Å²) in [6.07, 6.45) is 0. The Kier molecular flexibility index (Phi) is 3.57. The normalized spacial score (nSPS) is 10.9.